The van der Waals surface area contributed by atoms with Gasteiger partial charge in [-0.25, -0.2) is 4.79 Å². The number of benzene rings is 3. The summed E-state index contributed by atoms with van der Waals surface area (Å²) >= 11 is 0. The second kappa shape index (κ2) is 43.6. The van der Waals surface area contributed by atoms with Crippen LogP contribution in [0.25, 0.3) is 10.9 Å². The van der Waals surface area contributed by atoms with E-state index in [4.69, 9.17) is 15.9 Å². The van der Waals surface area contributed by atoms with Gasteiger partial charge in [0.25, 0.3) is 5.91 Å². The first kappa shape index (κ1) is 92.1. The molecule has 2 bridgehead atoms. The Kier molecular flexibility index (Phi) is 34.0. The number of carbonyl (C=O) groups is 17. The monoisotopic (exact) mass is 1650 g/mol. The lowest BCUT2D eigenvalue weighted by molar-refractivity contribution is -0.148. The summed E-state index contributed by atoms with van der Waals surface area (Å²) in [6, 6.07) is -7.38. The predicted molar refractivity (Wildman–Crippen MR) is 410 cm³/mol. The number of para-hydroxylation sites is 1. The number of aromatic amines is 1. The molecule has 3 saturated heterocycles. The topological polar surface area (TPSA) is 678 Å². The molecule has 640 valence electrons. The lowest BCUT2D eigenvalue weighted by atomic mass is 10.0. The van der Waals surface area contributed by atoms with Crippen LogP contribution in [0.3, 0.4) is 0 Å². The van der Waals surface area contributed by atoms with Crippen LogP contribution in [-0.2, 0) is 106 Å². The van der Waals surface area contributed by atoms with E-state index >= 15 is 14.4 Å². The number of hydrogen-bond donors (Lipinski definition) is 24. The molecule has 43 nitrogen and oxygen atoms in total. The van der Waals surface area contributed by atoms with E-state index in [9.17, 15) is 103 Å². The third kappa shape index (κ3) is 27.3. The van der Waals surface area contributed by atoms with Crippen molar-refractivity contribution >= 4 is 117 Å². The number of carbonyl (C=O) groups excluding carboxylic acids is 15. The highest BCUT2D eigenvalue weighted by Gasteiger charge is 2.44. The zero-order valence-electron chi connectivity index (χ0n) is 64.8. The highest BCUT2D eigenvalue weighted by Crippen LogP contribution is 2.24. The first-order valence-electron chi connectivity index (χ1n) is 37.9. The second-order valence-corrected chi connectivity index (χ2v) is 28.7. The summed E-state index contributed by atoms with van der Waals surface area (Å²) in [7, 11) is 0. The number of fused-ring (bicyclic) bond motifs is 8. The minimum Gasteiger partial charge on any atom is -0.508 e. The Hall–Kier alpha value is -13.1. The van der Waals surface area contributed by atoms with Crippen molar-refractivity contribution < 1.29 is 122 Å². The van der Waals surface area contributed by atoms with Gasteiger partial charge in [0, 0.05) is 69.3 Å². The summed E-state index contributed by atoms with van der Waals surface area (Å²) in [4.78, 5) is 245. The van der Waals surface area contributed by atoms with E-state index in [1.54, 1.807) is 24.3 Å². The van der Waals surface area contributed by atoms with Crippen LogP contribution in [0.5, 0.6) is 11.5 Å². The molecule has 16 atom stereocenters. The van der Waals surface area contributed by atoms with E-state index in [1.165, 1.54) is 68.6 Å². The number of aromatic hydroxyl groups is 2. The summed E-state index contributed by atoms with van der Waals surface area (Å²) in [6.45, 7) is 2.55. The molecule has 0 radical (unpaired) electrons. The molecular weight excluding hydrogens is 1550 g/mol. The smallest absolute Gasteiger partial charge is 0.326 e. The number of nitrogens with one attached hydrogen (secondary N) is 16. The highest BCUT2D eigenvalue weighted by atomic mass is 16.5. The van der Waals surface area contributed by atoms with E-state index in [1.807, 2.05) is 0 Å². The summed E-state index contributed by atoms with van der Waals surface area (Å²) in [5, 5.41) is 115. The number of aliphatic hydroxyl groups excluding tert-OH is 3. The van der Waals surface area contributed by atoms with Crippen LogP contribution in [0.1, 0.15) is 109 Å². The van der Waals surface area contributed by atoms with Crippen molar-refractivity contribution in [2.24, 2.45) is 5.73 Å². The highest BCUT2D eigenvalue weighted by molar-refractivity contribution is 6.02. The average Bonchev–Trinajstić information content (AvgIpc) is 1.60. The molecule has 0 spiro atoms. The van der Waals surface area contributed by atoms with E-state index in [2.05, 4.69) is 79.4 Å². The lowest BCUT2D eigenvalue weighted by Gasteiger charge is -2.31. The number of phenolic OH excluding ortho intramolecular Hbond substituents is 2. The number of ether oxygens (including phenoxy) is 1. The Labute approximate surface area is 673 Å². The zero-order chi connectivity index (χ0) is 86.8. The van der Waals surface area contributed by atoms with Crippen LogP contribution in [0.2, 0.25) is 0 Å². The predicted octanol–water partition coefficient (Wildman–Crippen LogP) is -6.96. The van der Waals surface area contributed by atoms with E-state index in [-0.39, 0.29) is 74.2 Å². The maximum atomic E-state index is 15.4. The Morgan fingerprint density at radius 3 is 1.87 bits per heavy atom. The first-order valence-corrected chi connectivity index (χ1v) is 37.9. The minimum absolute atomic E-state index is 0.0771. The maximum Gasteiger partial charge on any atom is 0.326 e. The van der Waals surface area contributed by atoms with Crippen molar-refractivity contribution in [1.82, 2.24) is 84.3 Å². The lowest BCUT2D eigenvalue weighted by Crippen LogP contribution is -2.63. The van der Waals surface area contributed by atoms with E-state index in [0.717, 1.165) is 18.7 Å². The van der Waals surface area contributed by atoms with Crippen LogP contribution >= 0.6 is 0 Å². The number of carboxylic acids is 2. The number of aliphatic hydroxyl groups is 3. The van der Waals surface area contributed by atoms with Crippen LogP contribution in [0.15, 0.2) is 79.0 Å². The Morgan fingerprint density at radius 2 is 1.23 bits per heavy atom. The maximum absolute atomic E-state index is 15.4. The van der Waals surface area contributed by atoms with Crippen LogP contribution in [-0.4, -0.2) is 275 Å². The standard InChI is InChI=1S/C75H100N18O25/c1-35(81-69(111)57(36(2)94)82-38(4)96)61(103)91-58(37(3)95)70(112)85-47(14-9-27-79-75(76)77)62(104)83-46-13-7-8-26-78-72(114)60(102)59(71(113)89-52(74(116)117)30-40-18-22-43(98)23-19-40)92-64(106)48-24-25-56(101)118-34-53(90-68(110)54-15-10-28-93(54)73(115)51(88-63(46)105)29-39-16-20-42(97)21-17-39)67(109)87-50(32-55(99)100)66(108)86-49(65(107)84-48)31-41-33-80-45-12-6-5-11-44(41)45/h5-6,11-12,16-23,33,35-37,46-54,57-60,80,94-95,97-98,102H,7-10,13-15,24-32,34H2,1-4H3,(H,78,114)(H,81,111)(H,82,96)(H,83,104)(H,84,107)(H,85,112)(H,86,108)(H,87,109)(H,88,105)(H,89,113)(H,90,110)(H,91,103)(H,92,106)(H,99,100)(H,116,117)(H4,76,77,79)/t35-,36+,37+,46-,47-,48-,49-,50-,51+,52-,53-,54-,57-,58?,59-,60-/m0/s1. The number of rotatable bonds is 26. The molecule has 43 heteroatoms. The number of H-pyrrole nitrogens is 1. The van der Waals surface area contributed by atoms with Crippen LogP contribution in [0.4, 0.5) is 0 Å². The van der Waals surface area contributed by atoms with Gasteiger partial charge < -0.3 is 131 Å². The Morgan fingerprint density at radius 1 is 0.619 bits per heavy atom. The van der Waals surface area contributed by atoms with Crippen molar-refractivity contribution in [3.8, 4) is 11.5 Å². The zero-order valence-corrected chi connectivity index (χ0v) is 64.8. The molecule has 0 saturated carbocycles. The molecule has 3 aliphatic heterocycles. The number of phenols is 2. The first-order chi connectivity index (χ1) is 55.9. The van der Waals surface area contributed by atoms with Crippen molar-refractivity contribution in [3.63, 3.8) is 0 Å². The number of amides is 14. The number of aromatic nitrogens is 1. The second-order valence-electron chi connectivity index (χ2n) is 28.7. The third-order valence-electron chi connectivity index (χ3n) is 19.5. The van der Waals surface area contributed by atoms with Gasteiger partial charge in [0.15, 0.2) is 12.1 Å². The molecule has 0 aliphatic carbocycles. The fourth-order valence-corrected chi connectivity index (χ4v) is 13.1. The molecule has 3 aromatic carbocycles. The normalized spacial score (nSPS) is 22.8. The number of hydrogen-bond acceptors (Lipinski definition) is 24. The van der Waals surface area contributed by atoms with Gasteiger partial charge in [0.05, 0.1) is 18.6 Å². The molecular formula is C75H100N18O25. The summed E-state index contributed by atoms with van der Waals surface area (Å²) in [5.74, 6) is -22.5. The summed E-state index contributed by atoms with van der Waals surface area (Å²) < 4.78 is 5.50. The van der Waals surface area contributed by atoms with Crippen LogP contribution in [0, 0.1) is 5.41 Å². The van der Waals surface area contributed by atoms with E-state index < -0.39 is 262 Å². The molecule has 1 unspecified atom stereocenters. The number of esters is 1. The molecule has 25 N–H and O–H groups in total. The summed E-state index contributed by atoms with van der Waals surface area (Å²) in [5.41, 5.74) is 6.91. The number of guanidine groups is 1. The summed E-state index contributed by atoms with van der Waals surface area (Å²) in [6.07, 6.45) is -10.2. The van der Waals surface area contributed by atoms with Gasteiger partial charge in [-0.3, -0.25) is 82.1 Å². The van der Waals surface area contributed by atoms with Crippen molar-refractivity contribution in [2.75, 3.05) is 26.2 Å². The van der Waals surface area contributed by atoms with Gasteiger partial charge in [-0.1, -0.05) is 42.5 Å². The van der Waals surface area contributed by atoms with Crippen molar-refractivity contribution in [2.45, 2.75) is 208 Å². The molecule has 3 aliphatic rings. The minimum atomic E-state index is -2.71. The van der Waals surface area contributed by atoms with Gasteiger partial charge >= 0.3 is 17.9 Å². The van der Waals surface area contributed by atoms with E-state index in [0.29, 0.717) is 16.5 Å². The van der Waals surface area contributed by atoms with Crippen molar-refractivity contribution in [1.29, 1.82) is 5.41 Å². The third-order valence-corrected chi connectivity index (χ3v) is 19.5. The Bertz CT molecular complexity index is 4350. The van der Waals surface area contributed by atoms with Gasteiger partial charge in [-0.2, -0.15) is 0 Å². The number of nitrogens with two attached hydrogens (primary N) is 1. The fraction of sp³-hybridized carbons (Fsp3) is 0.493. The molecule has 4 heterocycles. The largest absolute Gasteiger partial charge is 0.508 e. The fourth-order valence-electron chi connectivity index (χ4n) is 13.1. The Balaban J connectivity index is 1.31. The molecule has 7 rings (SSSR count). The van der Waals surface area contributed by atoms with Gasteiger partial charge in [-0.05, 0) is 119 Å². The number of carboxylic acid groups (broad SMARTS) is 2. The van der Waals surface area contributed by atoms with Gasteiger partial charge in [-0.15, -0.1) is 0 Å². The molecule has 4 aromatic rings. The molecule has 1 aromatic heterocycles. The van der Waals surface area contributed by atoms with Gasteiger partial charge in [0.1, 0.15) is 96.6 Å². The molecule has 14 amide bonds. The SMILES string of the molecule is CC(=O)N[C@H](C(=O)N[C@@H](C)C(=O)NC(C(=O)N[C@@H](CCCNC(=N)N)C(=O)N[C@H]1CCCCNC(=O)[C@@H](O)[C@@H](C(=O)N[C@@H](Cc2ccc(O)cc2)C(=O)O)NC(=O)[C@@H]2CCC(=O)OC[C@H](NC(=O)[C@@H]3CCCN3C(=O)[C@@H](Cc3ccc(O)cc3)NC1=O)C(=O)N[C@@H](CC(=O)O)C(=O)N[C@@H](Cc1c[nH]c3ccccc13)C(=O)N2)[C@@H](C)O)[C@@H](C)O. The quantitative estimate of drug-likeness (QED) is 0.0120. The number of aliphatic carboxylic acids is 2. The molecule has 118 heavy (non-hydrogen) atoms. The van der Waals surface area contributed by atoms with Crippen molar-refractivity contribution in [3.05, 3.63) is 95.7 Å². The average molecular weight is 1650 g/mol. The van der Waals surface area contributed by atoms with Crippen LogP contribution < -0.4 is 80.2 Å². The molecule has 3 fully saturated rings. The number of nitrogens with zero attached hydrogens (tertiary/aromatic N) is 1. The van der Waals surface area contributed by atoms with Gasteiger partial charge in [0.2, 0.25) is 76.8 Å².